The van der Waals surface area contributed by atoms with E-state index in [2.05, 4.69) is 26.1 Å². The number of carbonyl (C=O) groups is 2. The number of unbranched alkanes of at least 4 members (excludes halogenated alkanes) is 1. The van der Waals surface area contributed by atoms with Crippen molar-refractivity contribution in [3.63, 3.8) is 0 Å². The normalized spacial score (nSPS) is 11.8. The first kappa shape index (κ1) is 24.9. The Morgan fingerprint density at radius 3 is 2.66 bits per heavy atom. The van der Waals surface area contributed by atoms with E-state index in [1.807, 2.05) is 24.3 Å². The molecule has 0 bridgehead atoms. The molecule has 0 unspecified atom stereocenters. The van der Waals surface area contributed by atoms with Gasteiger partial charge in [-0.3, -0.25) is 9.59 Å². The third kappa shape index (κ3) is 9.61. The zero-order chi connectivity index (χ0) is 23.3. The Bertz CT molecular complexity index is 969. The molecule has 2 aromatic rings. The monoisotopic (exact) mass is 457 g/mol. The molecule has 2 amide bonds. The van der Waals surface area contributed by atoms with Gasteiger partial charge in [-0.1, -0.05) is 35.6 Å². The van der Waals surface area contributed by atoms with Gasteiger partial charge in [0, 0.05) is 32.6 Å². The van der Waals surface area contributed by atoms with Crippen LogP contribution in [0.2, 0.25) is 0 Å². The number of allylic oxidation sites excluding steroid dienone is 3. The summed E-state index contributed by atoms with van der Waals surface area (Å²) >= 11 is 1.38. The van der Waals surface area contributed by atoms with Crippen molar-refractivity contribution in [1.29, 1.82) is 0 Å². The van der Waals surface area contributed by atoms with Crippen LogP contribution >= 0.6 is 11.3 Å². The number of carbonyl (C=O) groups excluding carboxylic acids is 2. The quantitative estimate of drug-likeness (QED) is 0.241. The molecule has 0 fully saturated rings. The number of rotatable bonds is 12. The molecule has 7 N–H and O–H groups in total. The topological polar surface area (TPSA) is 148 Å². The number of anilines is 1. The molecule has 1 aromatic heterocycles. The molecule has 9 nitrogen and oxygen atoms in total. The lowest BCUT2D eigenvalue weighted by atomic mass is 10.1. The molecule has 10 heteroatoms. The molecule has 0 radical (unpaired) electrons. The van der Waals surface area contributed by atoms with E-state index in [1.165, 1.54) is 18.3 Å². The van der Waals surface area contributed by atoms with Gasteiger partial charge in [-0.15, -0.1) is 10.2 Å². The average Bonchev–Trinajstić information content (AvgIpc) is 3.20. The van der Waals surface area contributed by atoms with Crippen LogP contribution in [0.5, 0.6) is 0 Å². The van der Waals surface area contributed by atoms with Crippen molar-refractivity contribution in [1.82, 2.24) is 20.8 Å². The van der Waals surface area contributed by atoms with E-state index >= 15 is 0 Å². The number of nitrogens with two attached hydrogens (primary N) is 2. The smallest absolute Gasteiger partial charge is 0.230 e. The molecule has 0 aliphatic rings. The van der Waals surface area contributed by atoms with Gasteiger partial charge < -0.3 is 27.4 Å². The molecule has 0 saturated carbocycles. The molecule has 0 spiro atoms. The van der Waals surface area contributed by atoms with Crippen LogP contribution in [0.4, 0.5) is 5.13 Å². The maximum atomic E-state index is 12.4. The van der Waals surface area contributed by atoms with Gasteiger partial charge in [0.05, 0.1) is 12.2 Å². The van der Waals surface area contributed by atoms with Gasteiger partial charge in [-0.05, 0) is 42.5 Å². The standard InChI is InChI=1S/C22H31N7O2S/c1-15(30)26-14-17-7-5-6-16(12-17)13-20(31)27-22-29-28-21(32-22)9-4-3-8-18(23)10-11-19(24)25-2/h5-7,10-12,25H,3-4,8-9,13-14,23-24H2,1-2H3,(H,26,30)(H,27,29,31)/b18-10-,19-11+. The molecule has 1 aromatic carbocycles. The van der Waals surface area contributed by atoms with E-state index < -0.39 is 0 Å². The minimum absolute atomic E-state index is 0.0907. The average molecular weight is 458 g/mol. The van der Waals surface area contributed by atoms with Crippen LogP contribution in [-0.2, 0) is 29.0 Å². The van der Waals surface area contributed by atoms with Crippen molar-refractivity contribution in [3.8, 4) is 0 Å². The largest absolute Gasteiger partial charge is 0.402 e. The van der Waals surface area contributed by atoms with Crippen LogP contribution in [0.25, 0.3) is 0 Å². The predicted molar refractivity (Wildman–Crippen MR) is 127 cm³/mol. The van der Waals surface area contributed by atoms with Crippen LogP contribution in [0.3, 0.4) is 0 Å². The number of aryl methyl sites for hydroxylation is 1. The summed E-state index contributed by atoms with van der Waals surface area (Å²) in [6.07, 6.45) is 7.17. The molecule has 2 rings (SSSR count). The summed E-state index contributed by atoms with van der Waals surface area (Å²) in [5, 5.41) is 18.0. The fraction of sp³-hybridized carbons (Fsp3) is 0.364. The van der Waals surface area contributed by atoms with Gasteiger partial charge in [0.25, 0.3) is 0 Å². The Balaban J connectivity index is 1.75. The van der Waals surface area contributed by atoms with Crippen LogP contribution in [0.1, 0.15) is 42.3 Å². The SMILES string of the molecule is CN/C(N)=C/C=C(\N)CCCCc1nnc(NC(=O)Cc2cccc(CNC(C)=O)c2)s1. The molecule has 1 heterocycles. The first-order valence-corrected chi connectivity index (χ1v) is 11.2. The second-order valence-corrected chi connectivity index (χ2v) is 8.34. The summed E-state index contributed by atoms with van der Waals surface area (Å²) in [6, 6.07) is 7.57. The zero-order valence-electron chi connectivity index (χ0n) is 18.5. The highest BCUT2D eigenvalue weighted by atomic mass is 32.1. The number of aromatic nitrogens is 2. The third-order valence-electron chi connectivity index (χ3n) is 4.48. The molecule has 0 saturated heterocycles. The number of benzene rings is 1. The summed E-state index contributed by atoms with van der Waals surface area (Å²) < 4.78 is 0. The highest BCUT2D eigenvalue weighted by molar-refractivity contribution is 7.15. The highest BCUT2D eigenvalue weighted by Gasteiger charge is 2.10. The first-order chi connectivity index (χ1) is 15.4. The molecule has 0 atom stereocenters. The fourth-order valence-electron chi connectivity index (χ4n) is 2.80. The van der Waals surface area contributed by atoms with Gasteiger partial charge in [0.1, 0.15) is 5.01 Å². The van der Waals surface area contributed by atoms with Crippen molar-refractivity contribution in [3.05, 3.63) is 64.1 Å². The van der Waals surface area contributed by atoms with E-state index in [9.17, 15) is 9.59 Å². The molecule has 172 valence electrons. The minimum atomic E-state index is -0.156. The van der Waals surface area contributed by atoms with Crippen LogP contribution in [0.15, 0.2) is 47.9 Å². The Morgan fingerprint density at radius 1 is 1.12 bits per heavy atom. The molecule has 0 aliphatic carbocycles. The van der Waals surface area contributed by atoms with Crippen molar-refractivity contribution in [2.75, 3.05) is 12.4 Å². The molecule has 32 heavy (non-hydrogen) atoms. The van der Waals surface area contributed by atoms with E-state index in [4.69, 9.17) is 11.5 Å². The van der Waals surface area contributed by atoms with Crippen molar-refractivity contribution in [2.24, 2.45) is 11.5 Å². The van der Waals surface area contributed by atoms with Gasteiger partial charge >= 0.3 is 0 Å². The van der Waals surface area contributed by atoms with E-state index in [0.29, 0.717) is 17.5 Å². The lowest BCUT2D eigenvalue weighted by Gasteiger charge is -2.06. The number of hydrogen-bond donors (Lipinski definition) is 5. The lowest BCUT2D eigenvalue weighted by Crippen LogP contribution is -2.19. The number of nitrogens with one attached hydrogen (secondary N) is 3. The summed E-state index contributed by atoms with van der Waals surface area (Å²) in [5.74, 6) is 0.317. The van der Waals surface area contributed by atoms with Crippen LogP contribution in [0, 0.1) is 0 Å². The summed E-state index contributed by atoms with van der Waals surface area (Å²) in [7, 11) is 1.75. The molecule has 0 aliphatic heterocycles. The Morgan fingerprint density at radius 2 is 1.91 bits per heavy atom. The van der Waals surface area contributed by atoms with Crippen LogP contribution in [-0.4, -0.2) is 29.1 Å². The van der Waals surface area contributed by atoms with E-state index in [0.717, 1.165) is 47.5 Å². The predicted octanol–water partition coefficient (Wildman–Crippen LogP) is 1.93. The van der Waals surface area contributed by atoms with Crippen molar-refractivity contribution < 1.29 is 9.59 Å². The number of hydrogen-bond acceptors (Lipinski definition) is 8. The van der Waals surface area contributed by atoms with Gasteiger partial charge in [-0.2, -0.15) is 0 Å². The Kier molecular flexibility index (Phi) is 10.2. The van der Waals surface area contributed by atoms with Gasteiger partial charge in [0.15, 0.2) is 0 Å². The van der Waals surface area contributed by atoms with Crippen molar-refractivity contribution >= 4 is 28.3 Å². The Hall–Kier alpha value is -3.40. The summed E-state index contributed by atoms with van der Waals surface area (Å²) in [4.78, 5) is 23.4. The van der Waals surface area contributed by atoms with Crippen molar-refractivity contribution in [2.45, 2.75) is 45.6 Å². The summed E-state index contributed by atoms with van der Waals surface area (Å²) in [6.45, 7) is 1.91. The molecular weight excluding hydrogens is 426 g/mol. The minimum Gasteiger partial charge on any atom is -0.402 e. The Labute approximate surface area is 192 Å². The van der Waals surface area contributed by atoms with Gasteiger partial charge in [0.2, 0.25) is 16.9 Å². The fourth-order valence-corrected chi connectivity index (χ4v) is 3.60. The molecular formula is C22H31N7O2S. The first-order valence-electron chi connectivity index (χ1n) is 10.4. The maximum absolute atomic E-state index is 12.4. The van der Waals surface area contributed by atoms with E-state index in [1.54, 1.807) is 19.2 Å². The number of nitrogens with zero attached hydrogens (tertiary/aromatic N) is 2. The number of amides is 2. The van der Waals surface area contributed by atoms with Crippen LogP contribution < -0.4 is 27.4 Å². The highest BCUT2D eigenvalue weighted by Crippen LogP contribution is 2.18. The zero-order valence-corrected chi connectivity index (χ0v) is 19.3. The second kappa shape index (κ2) is 13.1. The lowest BCUT2D eigenvalue weighted by molar-refractivity contribution is -0.119. The maximum Gasteiger partial charge on any atom is 0.230 e. The van der Waals surface area contributed by atoms with Gasteiger partial charge in [-0.25, -0.2) is 0 Å². The van der Waals surface area contributed by atoms with E-state index in [-0.39, 0.29) is 18.2 Å². The third-order valence-corrected chi connectivity index (χ3v) is 5.38. The summed E-state index contributed by atoms with van der Waals surface area (Å²) in [5.41, 5.74) is 14.2. The second-order valence-electron chi connectivity index (χ2n) is 7.28.